The van der Waals surface area contributed by atoms with Crippen LogP contribution in [-0.2, 0) is 0 Å². The van der Waals surface area contributed by atoms with Crippen molar-refractivity contribution in [3.05, 3.63) is 68.6 Å². The van der Waals surface area contributed by atoms with Gasteiger partial charge in [-0.05, 0) is 67.7 Å². The maximum absolute atomic E-state index is 12.7. The molecule has 26 heavy (non-hydrogen) atoms. The lowest BCUT2D eigenvalue weighted by Gasteiger charge is -2.24. The highest BCUT2D eigenvalue weighted by Crippen LogP contribution is 2.21. The zero-order chi connectivity index (χ0) is 18.7. The minimum atomic E-state index is -0.104. The second kappa shape index (κ2) is 8.16. The number of carbonyl (C=O) groups is 1. The average molecular weight is 433 g/mol. The molecule has 0 saturated carbocycles. The lowest BCUT2D eigenvalue weighted by atomic mass is 10.1. The van der Waals surface area contributed by atoms with Crippen molar-refractivity contribution in [2.45, 2.75) is 13.0 Å². The van der Waals surface area contributed by atoms with Gasteiger partial charge in [0.2, 0.25) is 0 Å². The maximum Gasteiger partial charge on any atom is 0.254 e. The zero-order valence-corrected chi connectivity index (χ0v) is 17.3. The van der Waals surface area contributed by atoms with Crippen LogP contribution in [0, 0.1) is 6.92 Å². The summed E-state index contributed by atoms with van der Waals surface area (Å²) in [5.74, 6) is -0.104. The smallest absolute Gasteiger partial charge is 0.254 e. The van der Waals surface area contributed by atoms with Crippen molar-refractivity contribution >= 4 is 33.2 Å². The van der Waals surface area contributed by atoms with E-state index in [0.29, 0.717) is 12.1 Å². The molecular formula is C19H21BrN4OS. The molecule has 1 aromatic carbocycles. The predicted molar refractivity (Wildman–Crippen MR) is 109 cm³/mol. The third-order valence-corrected chi connectivity index (χ3v) is 5.56. The number of hydrogen-bond acceptors (Lipinski definition) is 4. The number of nitrogens with one attached hydrogen (secondary N) is 1. The average Bonchev–Trinajstić information content (AvgIpc) is 3.25. The van der Waals surface area contributed by atoms with Gasteiger partial charge in [0, 0.05) is 11.0 Å². The number of thiophene rings is 1. The molecule has 2 aromatic heterocycles. The predicted octanol–water partition coefficient (Wildman–Crippen LogP) is 4.04. The van der Waals surface area contributed by atoms with Crippen molar-refractivity contribution in [3.63, 3.8) is 0 Å². The van der Waals surface area contributed by atoms with E-state index in [1.165, 1.54) is 5.56 Å². The van der Waals surface area contributed by atoms with E-state index in [0.717, 1.165) is 15.9 Å². The van der Waals surface area contributed by atoms with Gasteiger partial charge >= 0.3 is 0 Å². The third-order valence-electron chi connectivity index (χ3n) is 4.33. The molecular weight excluding hydrogens is 412 g/mol. The van der Waals surface area contributed by atoms with E-state index in [1.54, 1.807) is 22.2 Å². The van der Waals surface area contributed by atoms with E-state index in [4.69, 9.17) is 0 Å². The zero-order valence-electron chi connectivity index (χ0n) is 14.9. The lowest BCUT2D eigenvalue weighted by molar-refractivity contribution is 0.0941. The Morgan fingerprint density at radius 2 is 2.04 bits per heavy atom. The van der Waals surface area contributed by atoms with Crippen LogP contribution in [0.3, 0.4) is 0 Å². The number of hydrogen-bond donors (Lipinski definition) is 1. The van der Waals surface area contributed by atoms with Gasteiger partial charge in [-0.15, -0.1) is 0 Å². The SMILES string of the molecule is Cc1c(C(=O)NCC(c2ccsc2)N(C)C)cnn1-c1ccc(Br)cc1. The summed E-state index contributed by atoms with van der Waals surface area (Å²) < 4.78 is 2.79. The number of amides is 1. The summed E-state index contributed by atoms with van der Waals surface area (Å²) in [4.78, 5) is 14.8. The molecule has 136 valence electrons. The van der Waals surface area contributed by atoms with Crippen LogP contribution in [0.1, 0.15) is 27.7 Å². The molecule has 0 aliphatic rings. The van der Waals surface area contributed by atoms with Gasteiger partial charge in [0.15, 0.2) is 0 Å². The molecule has 3 rings (SSSR count). The molecule has 7 heteroatoms. The summed E-state index contributed by atoms with van der Waals surface area (Å²) in [5.41, 5.74) is 3.55. The van der Waals surface area contributed by atoms with Crippen LogP contribution < -0.4 is 5.32 Å². The maximum atomic E-state index is 12.7. The fraction of sp³-hybridized carbons (Fsp3) is 0.263. The first-order valence-corrected chi connectivity index (χ1v) is 9.98. The summed E-state index contributed by atoms with van der Waals surface area (Å²) in [5, 5.41) is 11.6. The number of nitrogens with zero attached hydrogens (tertiary/aromatic N) is 3. The molecule has 0 radical (unpaired) electrons. The fourth-order valence-electron chi connectivity index (χ4n) is 2.82. The van der Waals surface area contributed by atoms with E-state index in [1.807, 2.05) is 45.3 Å². The third kappa shape index (κ3) is 4.06. The van der Waals surface area contributed by atoms with Crippen LogP contribution in [0.4, 0.5) is 0 Å². The molecule has 0 aliphatic carbocycles. The van der Waals surface area contributed by atoms with E-state index >= 15 is 0 Å². The van der Waals surface area contributed by atoms with Crippen LogP contribution in [-0.4, -0.2) is 41.2 Å². The number of aromatic nitrogens is 2. The molecule has 0 spiro atoms. The number of halogens is 1. The lowest BCUT2D eigenvalue weighted by Crippen LogP contribution is -2.34. The largest absolute Gasteiger partial charge is 0.350 e. The van der Waals surface area contributed by atoms with E-state index in [-0.39, 0.29) is 11.9 Å². The van der Waals surface area contributed by atoms with Gasteiger partial charge in [0.25, 0.3) is 5.91 Å². The molecule has 1 amide bonds. The molecule has 0 bridgehead atoms. The molecule has 0 fully saturated rings. The van der Waals surface area contributed by atoms with Crippen LogP contribution >= 0.6 is 27.3 Å². The van der Waals surface area contributed by atoms with Gasteiger partial charge in [-0.2, -0.15) is 16.4 Å². The Balaban J connectivity index is 1.73. The number of benzene rings is 1. The molecule has 5 nitrogen and oxygen atoms in total. The fourth-order valence-corrected chi connectivity index (χ4v) is 3.79. The first-order valence-electron chi connectivity index (χ1n) is 8.24. The molecule has 0 aliphatic heterocycles. The first-order chi connectivity index (χ1) is 12.5. The standard InChI is InChI=1S/C19H21BrN4OS/c1-13-17(10-22-24(13)16-6-4-15(20)5-7-16)19(25)21-11-18(23(2)3)14-8-9-26-12-14/h4-10,12,18H,11H2,1-3H3,(H,21,25). The Morgan fingerprint density at radius 3 is 2.65 bits per heavy atom. The van der Waals surface area contributed by atoms with Crippen LogP contribution in [0.5, 0.6) is 0 Å². The van der Waals surface area contributed by atoms with Crippen molar-refractivity contribution in [1.29, 1.82) is 0 Å². The van der Waals surface area contributed by atoms with Crippen molar-refractivity contribution in [2.75, 3.05) is 20.6 Å². The Labute approximate surface area is 165 Å². The van der Waals surface area contributed by atoms with Crippen molar-refractivity contribution in [2.24, 2.45) is 0 Å². The van der Waals surface area contributed by atoms with Gasteiger partial charge in [0.1, 0.15) is 0 Å². The number of likely N-dealkylation sites (N-methyl/N-ethyl adjacent to an activating group) is 1. The topological polar surface area (TPSA) is 50.2 Å². The van der Waals surface area contributed by atoms with Crippen molar-refractivity contribution < 1.29 is 4.79 Å². The molecule has 3 aromatic rings. The highest BCUT2D eigenvalue weighted by atomic mass is 79.9. The molecule has 1 unspecified atom stereocenters. The Bertz CT molecular complexity index is 872. The minimum absolute atomic E-state index is 0.104. The van der Waals surface area contributed by atoms with E-state index < -0.39 is 0 Å². The van der Waals surface area contributed by atoms with Crippen molar-refractivity contribution in [1.82, 2.24) is 20.0 Å². The summed E-state index contributed by atoms with van der Waals surface area (Å²) in [7, 11) is 4.04. The number of rotatable bonds is 6. The highest BCUT2D eigenvalue weighted by Gasteiger charge is 2.19. The van der Waals surface area contributed by atoms with E-state index in [2.05, 4.69) is 48.1 Å². The van der Waals surface area contributed by atoms with Gasteiger partial charge in [-0.1, -0.05) is 15.9 Å². The Morgan fingerprint density at radius 1 is 1.31 bits per heavy atom. The van der Waals surface area contributed by atoms with Gasteiger partial charge in [0.05, 0.1) is 29.2 Å². The monoisotopic (exact) mass is 432 g/mol. The Hall–Kier alpha value is -1.96. The van der Waals surface area contributed by atoms with Crippen LogP contribution in [0.15, 0.2) is 51.8 Å². The highest BCUT2D eigenvalue weighted by molar-refractivity contribution is 9.10. The van der Waals surface area contributed by atoms with E-state index in [9.17, 15) is 4.79 Å². The number of carbonyl (C=O) groups excluding carboxylic acids is 1. The quantitative estimate of drug-likeness (QED) is 0.639. The van der Waals surface area contributed by atoms with Crippen LogP contribution in [0.2, 0.25) is 0 Å². The molecule has 2 heterocycles. The summed E-state index contributed by atoms with van der Waals surface area (Å²) in [6.45, 7) is 2.46. The van der Waals surface area contributed by atoms with Crippen LogP contribution in [0.25, 0.3) is 5.69 Å². The summed E-state index contributed by atoms with van der Waals surface area (Å²) >= 11 is 5.09. The van der Waals surface area contributed by atoms with Gasteiger partial charge < -0.3 is 10.2 Å². The summed E-state index contributed by atoms with van der Waals surface area (Å²) in [6.07, 6.45) is 1.63. The van der Waals surface area contributed by atoms with Gasteiger partial charge in [-0.25, -0.2) is 4.68 Å². The molecule has 1 atom stereocenters. The second-order valence-corrected chi connectivity index (χ2v) is 7.97. The molecule has 0 saturated heterocycles. The first kappa shape index (κ1) is 18.8. The summed E-state index contributed by atoms with van der Waals surface area (Å²) in [6, 6.07) is 10.1. The normalized spacial score (nSPS) is 12.3. The Kier molecular flexibility index (Phi) is 5.90. The second-order valence-electron chi connectivity index (χ2n) is 6.28. The van der Waals surface area contributed by atoms with Gasteiger partial charge in [-0.3, -0.25) is 4.79 Å². The minimum Gasteiger partial charge on any atom is -0.350 e. The van der Waals surface area contributed by atoms with Crippen molar-refractivity contribution in [3.8, 4) is 5.69 Å². The molecule has 1 N–H and O–H groups in total.